The average molecular weight is 455 g/mol. The molecule has 0 spiro atoms. The second kappa shape index (κ2) is 11.6. The van der Waals surface area contributed by atoms with Gasteiger partial charge in [0.15, 0.2) is 0 Å². The van der Waals surface area contributed by atoms with E-state index in [0.717, 1.165) is 17.8 Å². The number of nitrogens with zero attached hydrogens (tertiary/aromatic N) is 1. The first kappa shape index (κ1) is 25.8. The minimum atomic E-state index is -3.65. The fraction of sp³-hybridized carbons (Fsp3) is 0.375. The standard InChI is InChI=1S/C16H22N4O3S2.2ClH/c1-3-5-14-19-11(2)15(24-14)16(21)20-12-6-4-7-13(10-12)25(22,23)18-9-8-17;;/h4,6-7,10,18H,3,5,8-9,17H2,1-2H3,(H,20,21);2*1H. The van der Waals surface area contributed by atoms with Gasteiger partial charge in [-0.05, 0) is 38.0 Å². The first-order valence-corrected chi connectivity index (χ1v) is 10.2. The number of carbonyl (C=O) groups excluding carboxylic acids is 1. The zero-order chi connectivity index (χ0) is 18.4. The molecular weight excluding hydrogens is 431 g/mol. The first-order chi connectivity index (χ1) is 11.9. The number of carbonyl (C=O) groups is 1. The Bertz CT molecular complexity index is 857. The van der Waals surface area contributed by atoms with E-state index in [4.69, 9.17) is 5.73 Å². The van der Waals surface area contributed by atoms with Gasteiger partial charge in [-0.15, -0.1) is 36.2 Å². The van der Waals surface area contributed by atoms with Crippen LogP contribution in [0.3, 0.4) is 0 Å². The molecule has 0 fully saturated rings. The lowest BCUT2D eigenvalue weighted by Gasteiger charge is -2.08. The maximum atomic E-state index is 12.5. The van der Waals surface area contributed by atoms with Gasteiger partial charge in [0.2, 0.25) is 10.0 Å². The summed E-state index contributed by atoms with van der Waals surface area (Å²) in [4.78, 5) is 17.5. The summed E-state index contributed by atoms with van der Waals surface area (Å²) in [6.45, 7) is 4.21. The first-order valence-electron chi connectivity index (χ1n) is 7.94. The smallest absolute Gasteiger partial charge is 0.267 e. The Labute approximate surface area is 176 Å². The van der Waals surface area contributed by atoms with Crippen molar-refractivity contribution < 1.29 is 13.2 Å². The molecule has 27 heavy (non-hydrogen) atoms. The number of thiazole rings is 1. The summed E-state index contributed by atoms with van der Waals surface area (Å²) in [7, 11) is -3.65. The van der Waals surface area contributed by atoms with E-state index < -0.39 is 10.0 Å². The van der Waals surface area contributed by atoms with Gasteiger partial charge in [-0.1, -0.05) is 13.0 Å². The van der Waals surface area contributed by atoms with Crippen LogP contribution < -0.4 is 15.8 Å². The van der Waals surface area contributed by atoms with Gasteiger partial charge in [-0.3, -0.25) is 4.79 Å². The molecule has 2 rings (SSSR count). The molecule has 11 heteroatoms. The number of nitrogens with one attached hydrogen (secondary N) is 2. The number of halogens is 2. The molecule has 0 bridgehead atoms. The Morgan fingerprint density at radius 3 is 2.63 bits per heavy atom. The van der Waals surface area contributed by atoms with Crippen molar-refractivity contribution in [3.05, 3.63) is 39.8 Å². The third-order valence-corrected chi connectivity index (χ3v) is 6.02. The monoisotopic (exact) mass is 454 g/mol. The van der Waals surface area contributed by atoms with Gasteiger partial charge in [0.1, 0.15) is 4.88 Å². The SMILES string of the molecule is CCCc1nc(C)c(C(=O)Nc2cccc(S(=O)(=O)NCCN)c2)s1.Cl.Cl. The molecule has 0 saturated heterocycles. The molecule has 7 nitrogen and oxygen atoms in total. The van der Waals surface area contributed by atoms with Gasteiger partial charge in [0, 0.05) is 18.8 Å². The summed E-state index contributed by atoms with van der Waals surface area (Å²) in [5.74, 6) is -0.290. The molecule has 0 atom stereocenters. The Morgan fingerprint density at radius 2 is 2.00 bits per heavy atom. The van der Waals surface area contributed by atoms with Crippen molar-refractivity contribution in [2.45, 2.75) is 31.6 Å². The maximum Gasteiger partial charge on any atom is 0.267 e. The summed E-state index contributed by atoms with van der Waals surface area (Å²) < 4.78 is 26.7. The molecule has 0 unspecified atom stereocenters. The highest BCUT2D eigenvalue weighted by molar-refractivity contribution is 7.89. The van der Waals surface area contributed by atoms with E-state index in [1.807, 2.05) is 0 Å². The molecule has 0 aliphatic rings. The van der Waals surface area contributed by atoms with E-state index in [9.17, 15) is 13.2 Å². The number of nitrogens with two attached hydrogens (primary N) is 1. The largest absolute Gasteiger partial charge is 0.329 e. The number of sulfonamides is 1. The fourth-order valence-electron chi connectivity index (χ4n) is 2.19. The summed E-state index contributed by atoms with van der Waals surface area (Å²) >= 11 is 1.36. The predicted octanol–water partition coefficient (Wildman–Crippen LogP) is 2.74. The molecule has 1 aromatic carbocycles. The van der Waals surface area contributed by atoms with Crippen LogP contribution in [0.15, 0.2) is 29.2 Å². The number of amides is 1. The number of hydrogen-bond donors (Lipinski definition) is 3. The number of aromatic nitrogens is 1. The van der Waals surface area contributed by atoms with Crippen LogP contribution in [0, 0.1) is 6.92 Å². The summed E-state index contributed by atoms with van der Waals surface area (Å²) in [6, 6.07) is 6.10. The molecule has 4 N–H and O–H groups in total. The summed E-state index contributed by atoms with van der Waals surface area (Å²) in [6.07, 6.45) is 1.79. The number of benzene rings is 1. The van der Waals surface area contributed by atoms with Crippen LogP contribution >= 0.6 is 36.2 Å². The van der Waals surface area contributed by atoms with Crippen LogP contribution in [0.1, 0.15) is 33.7 Å². The normalized spacial score (nSPS) is 10.6. The van der Waals surface area contributed by atoms with Crippen molar-refractivity contribution in [3.8, 4) is 0 Å². The zero-order valence-electron chi connectivity index (χ0n) is 15.0. The second-order valence-electron chi connectivity index (χ2n) is 5.44. The molecule has 1 amide bonds. The lowest BCUT2D eigenvalue weighted by molar-refractivity contribution is 0.102. The average Bonchev–Trinajstić information content (AvgIpc) is 2.94. The van der Waals surface area contributed by atoms with Crippen molar-refractivity contribution in [3.63, 3.8) is 0 Å². The lowest BCUT2D eigenvalue weighted by atomic mass is 10.3. The molecule has 1 aromatic heterocycles. The Balaban J connectivity index is 0.00000338. The molecule has 152 valence electrons. The van der Waals surface area contributed by atoms with Crippen molar-refractivity contribution >= 4 is 57.8 Å². The van der Waals surface area contributed by atoms with E-state index in [-0.39, 0.29) is 48.7 Å². The molecular formula is C16H24Cl2N4O3S2. The second-order valence-corrected chi connectivity index (χ2v) is 8.29. The van der Waals surface area contributed by atoms with E-state index in [2.05, 4.69) is 21.9 Å². The molecule has 0 saturated carbocycles. The van der Waals surface area contributed by atoms with Gasteiger partial charge < -0.3 is 11.1 Å². The van der Waals surface area contributed by atoms with Crippen LogP contribution in [0.4, 0.5) is 5.69 Å². The van der Waals surface area contributed by atoms with E-state index in [0.29, 0.717) is 16.3 Å². The summed E-state index contributed by atoms with van der Waals surface area (Å²) in [5.41, 5.74) is 6.41. The van der Waals surface area contributed by atoms with Crippen molar-refractivity contribution in [1.29, 1.82) is 0 Å². The molecule has 2 aromatic rings. The van der Waals surface area contributed by atoms with Gasteiger partial charge in [0.25, 0.3) is 5.91 Å². The number of hydrogen-bond acceptors (Lipinski definition) is 6. The lowest BCUT2D eigenvalue weighted by Crippen LogP contribution is -2.29. The molecule has 0 aliphatic carbocycles. The zero-order valence-corrected chi connectivity index (χ0v) is 18.3. The third-order valence-electron chi connectivity index (χ3n) is 3.35. The number of aryl methyl sites for hydroxylation is 2. The number of anilines is 1. The Morgan fingerprint density at radius 1 is 1.30 bits per heavy atom. The van der Waals surface area contributed by atoms with Gasteiger partial charge in [-0.25, -0.2) is 18.1 Å². The third kappa shape index (κ3) is 7.02. The maximum absolute atomic E-state index is 12.5. The van der Waals surface area contributed by atoms with Crippen molar-refractivity contribution in [2.24, 2.45) is 5.73 Å². The predicted molar refractivity (Wildman–Crippen MR) is 114 cm³/mol. The highest BCUT2D eigenvalue weighted by Gasteiger charge is 2.17. The van der Waals surface area contributed by atoms with Crippen molar-refractivity contribution in [1.82, 2.24) is 9.71 Å². The van der Waals surface area contributed by atoms with E-state index >= 15 is 0 Å². The van der Waals surface area contributed by atoms with E-state index in [1.54, 1.807) is 19.1 Å². The quantitative estimate of drug-likeness (QED) is 0.566. The van der Waals surface area contributed by atoms with Gasteiger partial charge in [-0.2, -0.15) is 0 Å². The summed E-state index contributed by atoms with van der Waals surface area (Å²) in [5, 5.41) is 3.66. The van der Waals surface area contributed by atoms with Crippen LogP contribution in [-0.4, -0.2) is 32.4 Å². The molecule has 1 heterocycles. The van der Waals surface area contributed by atoms with E-state index in [1.165, 1.54) is 23.5 Å². The molecule has 0 aliphatic heterocycles. The van der Waals surface area contributed by atoms with Crippen LogP contribution in [0.25, 0.3) is 0 Å². The minimum Gasteiger partial charge on any atom is -0.329 e. The minimum absolute atomic E-state index is 0. The Hall–Kier alpha value is -1.23. The Kier molecular flexibility index (Phi) is 11.0. The topological polar surface area (TPSA) is 114 Å². The van der Waals surface area contributed by atoms with Crippen LogP contribution in [-0.2, 0) is 16.4 Å². The number of rotatable bonds is 8. The fourth-order valence-corrected chi connectivity index (χ4v) is 4.34. The van der Waals surface area contributed by atoms with Gasteiger partial charge >= 0.3 is 0 Å². The highest BCUT2D eigenvalue weighted by Crippen LogP contribution is 2.22. The molecule has 0 radical (unpaired) electrons. The van der Waals surface area contributed by atoms with Crippen LogP contribution in [0.2, 0.25) is 0 Å². The van der Waals surface area contributed by atoms with Crippen LogP contribution in [0.5, 0.6) is 0 Å². The van der Waals surface area contributed by atoms with Crippen molar-refractivity contribution in [2.75, 3.05) is 18.4 Å². The highest BCUT2D eigenvalue weighted by atomic mass is 35.5. The van der Waals surface area contributed by atoms with Gasteiger partial charge in [0.05, 0.1) is 15.6 Å².